The highest BCUT2D eigenvalue weighted by atomic mass is 32.1. The smallest absolute Gasteiger partial charge is 0.277 e. The van der Waals surface area contributed by atoms with Crippen LogP contribution in [-0.2, 0) is 16.1 Å². The Bertz CT molecular complexity index is 1100. The third-order valence-electron chi connectivity index (χ3n) is 4.59. The molecule has 0 unspecified atom stereocenters. The molecule has 1 aliphatic heterocycles. The molecule has 0 aliphatic carbocycles. The van der Waals surface area contributed by atoms with Gasteiger partial charge in [-0.15, -0.1) is 11.3 Å². The molecule has 8 heteroatoms. The summed E-state index contributed by atoms with van der Waals surface area (Å²) < 4.78 is 27.4. The Hall–Kier alpha value is -3.39. The van der Waals surface area contributed by atoms with E-state index in [1.54, 1.807) is 5.51 Å². The molecular weight excluding hydrogens is 396 g/mol. The summed E-state index contributed by atoms with van der Waals surface area (Å²) in [4.78, 5) is 30.2. The minimum atomic E-state index is -0.734. The van der Waals surface area contributed by atoms with Crippen LogP contribution in [0.1, 0.15) is 11.1 Å². The van der Waals surface area contributed by atoms with Crippen LogP contribution in [0.2, 0.25) is 0 Å². The van der Waals surface area contributed by atoms with Gasteiger partial charge in [-0.05, 0) is 24.6 Å². The summed E-state index contributed by atoms with van der Waals surface area (Å²) in [6, 6.07) is 9.56. The molecule has 2 heterocycles. The highest BCUT2D eigenvalue weighted by Crippen LogP contribution is 2.24. The molecule has 0 saturated heterocycles. The fraction of sp³-hybridized carbons (Fsp3) is 0.0952. The van der Waals surface area contributed by atoms with Gasteiger partial charge in [0.05, 0.1) is 17.7 Å². The lowest BCUT2D eigenvalue weighted by molar-refractivity contribution is -0.137. The number of anilines is 1. The average molecular weight is 411 g/mol. The minimum Gasteiger partial charge on any atom is -0.351 e. The zero-order chi connectivity index (χ0) is 20.5. The Balaban J connectivity index is 1.47. The normalized spacial score (nSPS) is 13.8. The van der Waals surface area contributed by atoms with E-state index in [4.69, 9.17) is 0 Å². The molecule has 0 atom stereocenters. The number of thiazole rings is 1. The second-order valence-electron chi connectivity index (χ2n) is 6.55. The van der Waals surface area contributed by atoms with Crippen molar-refractivity contribution in [1.29, 1.82) is 0 Å². The van der Waals surface area contributed by atoms with Crippen molar-refractivity contribution in [2.24, 2.45) is 0 Å². The maximum absolute atomic E-state index is 13.7. The van der Waals surface area contributed by atoms with Crippen LogP contribution in [-0.4, -0.2) is 21.7 Å². The highest BCUT2D eigenvalue weighted by molar-refractivity contribution is 7.07. The summed E-state index contributed by atoms with van der Waals surface area (Å²) in [6.45, 7) is 1.41. The van der Waals surface area contributed by atoms with Gasteiger partial charge in [-0.2, -0.15) is 0 Å². The van der Waals surface area contributed by atoms with E-state index < -0.39 is 23.4 Å². The van der Waals surface area contributed by atoms with Crippen LogP contribution in [0.4, 0.5) is 14.5 Å². The quantitative estimate of drug-likeness (QED) is 0.638. The van der Waals surface area contributed by atoms with Crippen LogP contribution in [0.3, 0.4) is 0 Å². The van der Waals surface area contributed by atoms with Gasteiger partial charge in [-0.1, -0.05) is 24.3 Å². The van der Waals surface area contributed by atoms with Crippen molar-refractivity contribution in [1.82, 2.24) is 9.88 Å². The summed E-state index contributed by atoms with van der Waals surface area (Å²) in [6.07, 6.45) is 1.13. The molecule has 3 aromatic rings. The fourth-order valence-electron chi connectivity index (χ4n) is 2.94. The molecule has 0 saturated carbocycles. The number of carbonyl (C=O) groups excluding carboxylic acids is 2. The number of nitrogens with one attached hydrogen (secondary N) is 1. The summed E-state index contributed by atoms with van der Waals surface area (Å²) in [5.41, 5.74) is 4.24. The van der Waals surface area contributed by atoms with Gasteiger partial charge in [0.25, 0.3) is 11.8 Å². The van der Waals surface area contributed by atoms with Crippen molar-refractivity contribution >= 4 is 28.8 Å². The molecule has 1 N–H and O–H groups in total. The summed E-state index contributed by atoms with van der Waals surface area (Å²) in [7, 11) is 0. The molecule has 0 spiro atoms. The summed E-state index contributed by atoms with van der Waals surface area (Å²) in [5.74, 6) is -2.52. The second kappa shape index (κ2) is 7.56. The van der Waals surface area contributed by atoms with E-state index in [9.17, 15) is 18.4 Å². The van der Waals surface area contributed by atoms with Gasteiger partial charge in [-0.25, -0.2) is 13.8 Å². The second-order valence-corrected chi connectivity index (χ2v) is 7.27. The van der Waals surface area contributed by atoms with Crippen molar-refractivity contribution in [2.75, 3.05) is 5.32 Å². The van der Waals surface area contributed by atoms with Crippen LogP contribution in [0, 0.1) is 18.6 Å². The van der Waals surface area contributed by atoms with Crippen molar-refractivity contribution in [3.05, 3.63) is 81.8 Å². The summed E-state index contributed by atoms with van der Waals surface area (Å²) in [5, 5.41) is 4.57. The Labute approximate surface area is 169 Å². The van der Waals surface area contributed by atoms with Crippen LogP contribution in [0.5, 0.6) is 0 Å². The van der Waals surface area contributed by atoms with Gasteiger partial charge in [0, 0.05) is 28.3 Å². The van der Waals surface area contributed by atoms with E-state index in [-0.39, 0.29) is 23.5 Å². The van der Waals surface area contributed by atoms with Crippen LogP contribution < -0.4 is 5.32 Å². The summed E-state index contributed by atoms with van der Waals surface area (Å²) >= 11 is 1.50. The molecule has 29 heavy (non-hydrogen) atoms. The first-order chi connectivity index (χ1) is 13.9. The van der Waals surface area contributed by atoms with Gasteiger partial charge in [0.2, 0.25) is 0 Å². The Morgan fingerprint density at radius 2 is 1.79 bits per heavy atom. The Kier molecular flexibility index (Phi) is 4.94. The third-order valence-corrected chi connectivity index (χ3v) is 5.18. The van der Waals surface area contributed by atoms with Crippen LogP contribution >= 0.6 is 11.3 Å². The van der Waals surface area contributed by atoms with E-state index in [1.165, 1.54) is 18.3 Å². The minimum absolute atomic E-state index is 0.0308. The van der Waals surface area contributed by atoms with E-state index in [2.05, 4.69) is 10.3 Å². The fourth-order valence-corrected chi connectivity index (χ4v) is 3.50. The van der Waals surface area contributed by atoms with Gasteiger partial charge >= 0.3 is 0 Å². The molecule has 0 radical (unpaired) electrons. The number of hydrogen-bond donors (Lipinski definition) is 1. The largest absolute Gasteiger partial charge is 0.351 e. The average Bonchev–Trinajstić information content (AvgIpc) is 3.32. The van der Waals surface area contributed by atoms with E-state index >= 15 is 0 Å². The molecule has 0 fully saturated rings. The van der Waals surface area contributed by atoms with Crippen molar-refractivity contribution < 1.29 is 18.4 Å². The van der Waals surface area contributed by atoms with Crippen molar-refractivity contribution in [3.63, 3.8) is 0 Å². The SMILES string of the molecule is Cc1c(F)cc(NC2=CC(=O)N(Cc3ccc(-c4cscn4)cc3)C2=O)cc1F. The van der Waals surface area contributed by atoms with Crippen molar-refractivity contribution in [2.45, 2.75) is 13.5 Å². The monoisotopic (exact) mass is 411 g/mol. The molecule has 1 aliphatic rings. The zero-order valence-corrected chi connectivity index (χ0v) is 16.1. The Morgan fingerprint density at radius 1 is 1.10 bits per heavy atom. The maximum Gasteiger partial charge on any atom is 0.277 e. The molecule has 0 bridgehead atoms. The van der Waals surface area contributed by atoms with Gasteiger partial charge in [0.1, 0.15) is 17.3 Å². The predicted molar refractivity (Wildman–Crippen MR) is 106 cm³/mol. The first-order valence-corrected chi connectivity index (χ1v) is 9.64. The number of rotatable bonds is 5. The van der Waals surface area contributed by atoms with Crippen molar-refractivity contribution in [3.8, 4) is 11.3 Å². The first kappa shape index (κ1) is 18.9. The van der Waals surface area contributed by atoms with Gasteiger partial charge in [-0.3, -0.25) is 14.5 Å². The van der Waals surface area contributed by atoms with E-state index in [0.717, 1.165) is 39.9 Å². The molecule has 146 valence electrons. The van der Waals surface area contributed by atoms with E-state index in [1.807, 2.05) is 29.6 Å². The molecule has 2 aromatic carbocycles. The standard InChI is InChI=1S/C21H15F2N3O2S/c1-12-16(22)6-15(7-17(12)23)25-18-8-20(27)26(21(18)28)9-13-2-4-14(5-3-13)19-10-29-11-24-19/h2-8,10-11,25H,9H2,1H3. The van der Waals surface area contributed by atoms with E-state index in [0.29, 0.717) is 0 Å². The molecule has 1 aromatic heterocycles. The number of nitrogens with zero attached hydrogens (tertiary/aromatic N) is 2. The first-order valence-electron chi connectivity index (χ1n) is 8.70. The predicted octanol–water partition coefficient (Wildman–Crippen LogP) is 4.26. The number of hydrogen-bond acceptors (Lipinski definition) is 5. The molecule has 2 amide bonds. The maximum atomic E-state index is 13.7. The molecule has 4 rings (SSSR count). The zero-order valence-electron chi connectivity index (χ0n) is 15.3. The van der Waals surface area contributed by atoms with Gasteiger partial charge in [0.15, 0.2) is 0 Å². The number of amides is 2. The van der Waals surface area contributed by atoms with Crippen LogP contribution in [0.15, 0.2) is 59.1 Å². The van der Waals surface area contributed by atoms with Gasteiger partial charge < -0.3 is 5.32 Å². The van der Waals surface area contributed by atoms with Crippen LogP contribution in [0.25, 0.3) is 11.3 Å². The topological polar surface area (TPSA) is 62.3 Å². The molecular formula is C21H15F2N3O2S. The lowest BCUT2D eigenvalue weighted by Gasteiger charge is -2.16. The Morgan fingerprint density at radius 3 is 2.41 bits per heavy atom. The number of halogens is 2. The number of imide groups is 1. The number of aromatic nitrogens is 1. The number of carbonyl (C=O) groups is 2. The lowest BCUT2D eigenvalue weighted by Crippen LogP contribution is -2.31. The highest BCUT2D eigenvalue weighted by Gasteiger charge is 2.31. The third kappa shape index (κ3) is 3.79. The molecule has 5 nitrogen and oxygen atoms in total. The lowest BCUT2D eigenvalue weighted by atomic mass is 10.1. The number of benzene rings is 2.